The molecule has 0 aliphatic rings. The summed E-state index contributed by atoms with van der Waals surface area (Å²) in [4.78, 5) is 31.0. The Kier molecular flexibility index (Phi) is 3.77. The number of para-hydroxylation sites is 1. The number of carbonyl (C=O) groups excluding carboxylic acids is 1. The highest BCUT2D eigenvalue weighted by molar-refractivity contribution is 7.22. The van der Waals surface area contributed by atoms with E-state index in [-0.39, 0.29) is 18.0 Å². The van der Waals surface area contributed by atoms with Crippen molar-refractivity contribution >= 4 is 43.4 Å². The van der Waals surface area contributed by atoms with Crippen LogP contribution in [0.1, 0.15) is 0 Å². The van der Waals surface area contributed by atoms with Crippen LogP contribution in [0, 0.1) is 0 Å². The van der Waals surface area contributed by atoms with E-state index < -0.39 is 0 Å². The second kappa shape index (κ2) is 6.10. The van der Waals surface area contributed by atoms with Crippen molar-refractivity contribution in [3.63, 3.8) is 0 Å². The predicted octanol–water partition coefficient (Wildman–Crippen LogP) is 2.67. The molecule has 4 aromatic rings. The fourth-order valence-corrected chi connectivity index (χ4v) is 3.53. The number of anilines is 1. The molecule has 0 radical (unpaired) electrons. The zero-order valence-corrected chi connectivity index (χ0v) is 14.2. The van der Waals surface area contributed by atoms with Crippen LogP contribution in [0.2, 0.25) is 0 Å². The molecule has 7 heteroatoms. The van der Waals surface area contributed by atoms with Crippen molar-refractivity contribution in [2.75, 3.05) is 11.9 Å². The summed E-state index contributed by atoms with van der Waals surface area (Å²) < 4.78 is 2.20. The largest absolute Gasteiger partial charge is 0.290 e. The summed E-state index contributed by atoms with van der Waals surface area (Å²) in [5, 5.41) is 6.01. The van der Waals surface area contributed by atoms with Crippen LogP contribution in [0.4, 0.5) is 5.13 Å². The molecule has 0 aliphatic heterocycles. The number of thiazole rings is 1. The number of benzene rings is 2. The highest BCUT2D eigenvalue weighted by Gasteiger charge is 2.17. The predicted molar refractivity (Wildman–Crippen MR) is 99.0 cm³/mol. The van der Waals surface area contributed by atoms with Crippen molar-refractivity contribution in [3.05, 3.63) is 65.1 Å². The van der Waals surface area contributed by atoms with Gasteiger partial charge < -0.3 is 0 Å². The molecule has 0 spiro atoms. The van der Waals surface area contributed by atoms with Crippen molar-refractivity contribution in [3.8, 4) is 0 Å². The van der Waals surface area contributed by atoms with Crippen LogP contribution >= 0.6 is 11.3 Å². The molecule has 2 aromatic heterocycles. The van der Waals surface area contributed by atoms with Crippen molar-refractivity contribution in [1.29, 1.82) is 0 Å². The van der Waals surface area contributed by atoms with E-state index in [4.69, 9.17) is 0 Å². The molecule has 0 N–H and O–H groups in total. The second-order valence-corrected chi connectivity index (χ2v) is 6.62. The van der Waals surface area contributed by atoms with Crippen molar-refractivity contribution < 1.29 is 4.79 Å². The third kappa shape index (κ3) is 2.78. The molecule has 0 atom stereocenters. The Balaban J connectivity index is 1.63. The summed E-state index contributed by atoms with van der Waals surface area (Å²) in [5.74, 6) is -0.246. The average molecular weight is 350 g/mol. The lowest BCUT2D eigenvalue weighted by atomic mass is 10.2. The summed E-state index contributed by atoms with van der Waals surface area (Å²) in [6.07, 6.45) is 1.60. The number of hydrogen-bond donors (Lipinski definition) is 0. The van der Waals surface area contributed by atoms with E-state index in [0.29, 0.717) is 10.5 Å². The lowest BCUT2D eigenvalue weighted by molar-refractivity contribution is -0.119. The van der Waals surface area contributed by atoms with Gasteiger partial charge in [0.2, 0.25) is 5.91 Å². The normalized spacial score (nSPS) is 11.1. The molecular formula is C18H14N4O2S. The summed E-state index contributed by atoms with van der Waals surface area (Å²) in [5.41, 5.74) is 0.576. The molecule has 0 aliphatic carbocycles. The van der Waals surface area contributed by atoms with Gasteiger partial charge in [0, 0.05) is 12.4 Å². The molecule has 0 fully saturated rings. The number of nitrogens with zero attached hydrogens (tertiary/aromatic N) is 4. The van der Waals surface area contributed by atoms with Gasteiger partial charge in [0.05, 0.1) is 21.8 Å². The molecule has 0 bridgehead atoms. The van der Waals surface area contributed by atoms with Gasteiger partial charge in [0.1, 0.15) is 6.54 Å². The van der Waals surface area contributed by atoms with Crippen LogP contribution in [0.3, 0.4) is 0 Å². The van der Waals surface area contributed by atoms with Gasteiger partial charge in [-0.25, -0.2) is 9.67 Å². The van der Waals surface area contributed by atoms with Gasteiger partial charge in [-0.2, -0.15) is 5.10 Å². The summed E-state index contributed by atoms with van der Waals surface area (Å²) in [6, 6.07) is 14.9. The first-order chi connectivity index (χ1) is 12.1. The second-order valence-electron chi connectivity index (χ2n) is 5.61. The first-order valence-corrected chi connectivity index (χ1v) is 8.52. The van der Waals surface area contributed by atoms with E-state index >= 15 is 0 Å². The van der Waals surface area contributed by atoms with Gasteiger partial charge in [-0.05, 0) is 18.2 Å². The van der Waals surface area contributed by atoms with E-state index in [9.17, 15) is 9.59 Å². The lowest BCUT2D eigenvalue weighted by Gasteiger charge is -2.14. The van der Waals surface area contributed by atoms with E-state index in [0.717, 1.165) is 15.6 Å². The number of amides is 1. The Morgan fingerprint density at radius 3 is 2.76 bits per heavy atom. The highest BCUT2D eigenvalue weighted by Crippen LogP contribution is 2.27. The molecule has 0 saturated heterocycles. The molecule has 2 aromatic carbocycles. The topological polar surface area (TPSA) is 68.1 Å². The third-order valence-electron chi connectivity index (χ3n) is 3.99. The van der Waals surface area contributed by atoms with E-state index in [2.05, 4.69) is 10.1 Å². The van der Waals surface area contributed by atoms with Crippen LogP contribution < -0.4 is 10.5 Å². The molecule has 4 rings (SSSR count). The van der Waals surface area contributed by atoms with Gasteiger partial charge in [-0.1, -0.05) is 41.7 Å². The summed E-state index contributed by atoms with van der Waals surface area (Å²) in [7, 11) is 1.66. The molecule has 124 valence electrons. The minimum absolute atomic E-state index is 0.129. The Morgan fingerprint density at radius 1 is 1.16 bits per heavy atom. The molecule has 1 amide bonds. The van der Waals surface area contributed by atoms with Gasteiger partial charge in [0.15, 0.2) is 5.13 Å². The van der Waals surface area contributed by atoms with Crippen LogP contribution in [0.15, 0.2) is 59.5 Å². The highest BCUT2D eigenvalue weighted by atomic mass is 32.1. The smallest absolute Gasteiger partial charge is 0.275 e. The summed E-state index contributed by atoms with van der Waals surface area (Å²) in [6.45, 7) is -0.129. The Morgan fingerprint density at radius 2 is 1.92 bits per heavy atom. The van der Waals surface area contributed by atoms with Crippen LogP contribution in [-0.2, 0) is 11.3 Å². The number of rotatable bonds is 3. The van der Waals surface area contributed by atoms with Gasteiger partial charge >= 0.3 is 0 Å². The first-order valence-electron chi connectivity index (χ1n) is 7.70. The maximum Gasteiger partial charge on any atom is 0.275 e. The zero-order chi connectivity index (χ0) is 17.4. The third-order valence-corrected chi connectivity index (χ3v) is 5.10. The zero-order valence-electron chi connectivity index (χ0n) is 13.4. The minimum Gasteiger partial charge on any atom is -0.290 e. The van der Waals surface area contributed by atoms with Crippen LogP contribution in [-0.4, -0.2) is 27.7 Å². The van der Waals surface area contributed by atoms with Crippen LogP contribution in [0.5, 0.6) is 0 Å². The SMILES string of the molecule is CN(C(=O)Cn1ncc2ccccc2c1=O)c1nc2ccccc2s1. The average Bonchev–Trinajstić information content (AvgIpc) is 3.07. The van der Waals surface area contributed by atoms with Gasteiger partial charge in [0.25, 0.3) is 5.56 Å². The number of hydrogen-bond acceptors (Lipinski definition) is 5. The molecule has 2 heterocycles. The van der Waals surface area contributed by atoms with Crippen LogP contribution in [0.25, 0.3) is 21.0 Å². The van der Waals surface area contributed by atoms with E-state index in [1.807, 2.05) is 36.4 Å². The molecule has 0 unspecified atom stereocenters. The molecular weight excluding hydrogens is 336 g/mol. The maximum atomic E-state index is 12.6. The fourth-order valence-electron chi connectivity index (χ4n) is 2.58. The number of aromatic nitrogens is 3. The monoisotopic (exact) mass is 350 g/mol. The maximum absolute atomic E-state index is 12.6. The van der Waals surface area contributed by atoms with E-state index in [1.165, 1.54) is 20.9 Å². The van der Waals surface area contributed by atoms with E-state index in [1.54, 1.807) is 25.4 Å². The van der Waals surface area contributed by atoms with Gasteiger partial charge in [-0.15, -0.1) is 0 Å². The van der Waals surface area contributed by atoms with Crippen molar-refractivity contribution in [2.45, 2.75) is 6.54 Å². The molecule has 25 heavy (non-hydrogen) atoms. The molecule has 0 saturated carbocycles. The minimum atomic E-state index is -0.274. The molecule has 6 nitrogen and oxygen atoms in total. The Labute approximate surface area is 147 Å². The quantitative estimate of drug-likeness (QED) is 0.570. The Hall–Kier alpha value is -3.06. The number of fused-ring (bicyclic) bond motifs is 2. The van der Waals surface area contributed by atoms with Gasteiger partial charge in [-0.3, -0.25) is 14.5 Å². The van der Waals surface area contributed by atoms with Crippen molar-refractivity contribution in [1.82, 2.24) is 14.8 Å². The standard InChI is InChI=1S/C18H14N4O2S/c1-21(18-20-14-8-4-5-9-15(14)25-18)16(23)11-22-17(24)13-7-3-2-6-12(13)10-19-22/h2-10H,11H2,1H3. The Bertz CT molecular complexity index is 1120. The lowest BCUT2D eigenvalue weighted by Crippen LogP contribution is -2.35. The van der Waals surface area contributed by atoms with Crippen molar-refractivity contribution in [2.24, 2.45) is 0 Å². The summed E-state index contributed by atoms with van der Waals surface area (Å²) >= 11 is 1.44. The number of carbonyl (C=O) groups is 1. The fraction of sp³-hybridized carbons (Fsp3) is 0.111. The first kappa shape index (κ1) is 15.5. The number of likely N-dealkylation sites (N-methyl/N-ethyl adjacent to an activating group) is 1.